The van der Waals surface area contributed by atoms with Crippen LogP contribution in [0.4, 0.5) is 0 Å². The highest BCUT2D eigenvalue weighted by Gasteiger charge is 2.16. The molecule has 0 aromatic heterocycles. The number of nitrogens with one attached hydrogen (secondary N) is 2. The summed E-state index contributed by atoms with van der Waals surface area (Å²) in [6.45, 7) is 13.4. The lowest BCUT2D eigenvalue weighted by Gasteiger charge is -2.22. The van der Waals surface area contributed by atoms with Gasteiger partial charge in [0.2, 0.25) is 0 Å². The number of hydrogen-bond donors (Lipinski definition) is 2. The van der Waals surface area contributed by atoms with E-state index in [9.17, 15) is 0 Å². The second-order valence-electron chi connectivity index (χ2n) is 7.34. The van der Waals surface area contributed by atoms with Crippen LogP contribution in [0.15, 0.2) is 47.6 Å². The third-order valence-electron chi connectivity index (χ3n) is 4.27. The van der Waals surface area contributed by atoms with Gasteiger partial charge in [0, 0.05) is 18.4 Å². The number of aliphatic imine (C=N–C) groups is 1. The second-order valence-corrected chi connectivity index (χ2v) is 7.34. The fourth-order valence-electron chi connectivity index (χ4n) is 2.59. The summed E-state index contributed by atoms with van der Waals surface area (Å²) in [5.74, 6) is 0. The van der Waals surface area contributed by atoms with E-state index in [0.29, 0.717) is 6.54 Å². The Morgan fingerprint density at radius 1 is 1.20 bits per heavy atom. The standard InChI is InChI=1S/C22H35N3/c1-7-8-9-14-22(4,5)15-21(20-12-10-18(2)11-13-20)25-17-24-16-19(3)23-6/h10-13,15,17,23H,3,7-9,14,16H2,1-2,4-6H3,(H,24,25)/b21-15-. The topological polar surface area (TPSA) is 36.4 Å². The van der Waals surface area contributed by atoms with Gasteiger partial charge in [0.25, 0.3) is 0 Å². The van der Waals surface area contributed by atoms with Gasteiger partial charge in [-0.05, 0) is 24.3 Å². The molecule has 0 fully saturated rings. The van der Waals surface area contributed by atoms with Crippen LogP contribution in [0.25, 0.3) is 5.70 Å². The van der Waals surface area contributed by atoms with Crippen molar-refractivity contribution >= 4 is 12.0 Å². The first-order valence-electron chi connectivity index (χ1n) is 9.28. The molecule has 0 heterocycles. The summed E-state index contributed by atoms with van der Waals surface area (Å²) in [6, 6.07) is 8.62. The minimum atomic E-state index is 0.144. The van der Waals surface area contributed by atoms with E-state index >= 15 is 0 Å². The van der Waals surface area contributed by atoms with E-state index in [-0.39, 0.29) is 5.41 Å². The van der Waals surface area contributed by atoms with E-state index in [1.807, 2.05) is 7.05 Å². The number of unbranched alkanes of at least 4 members (excludes halogenated alkanes) is 2. The molecule has 0 saturated carbocycles. The molecule has 2 N–H and O–H groups in total. The Labute approximate surface area is 154 Å². The number of allylic oxidation sites excluding steroid dienone is 1. The maximum atomic E-state index is 4.39. The van der Waals surface area contributed by atoms with Gasteiger partial charge in [0.1, 0.15) is 0 Å². The molecule has 1 rings (SSSR count). The highest BCUT2D eigenvalue weighted by molar-refractivity contribution is 5.76. The Morgan fingerprint density at radius 2 is 1.88 bits per heavy atom. The molecule has 3 heteroatoms. The summed E-state index contributed by atoms with van der Waals surface area (Å²) >= 11 is 0. The molecule has 0 bridgehead atoms. The van der Waals surface area contributed by atoms with Gasteiger partial charge in [0.05, 0.1) is 12.9 Å². The van der Waals surface area contributed by atoms with E-state index in [1.165, 1.54) is 36.8 Å². The molecular formula is C22H35N3. The van der Waals surface area contributed by atoms with Gasteiger partial charge in [0.15, 0.2) is 0 Å². The number of likely N-dealkylation sites (N-methyl/N-ethyl adjacent to an activating group) is 1. The van der Waals surface area contributed by atoms with Gasteiger partial charge in [-0.15, -0.1) is 0 Å². The third-order valence-corrected chi connectivity index (χ3v) is 4.27. The van der Waals surface area contributed by atoms with Crippen molar-refractivity contribution in [1.29, 1.82) is 0 Å². The number of hydrogen-bond acceptors (Lipinski definition) is 2. The maximum Gasteiger partial charge on any atom is 0.0872 e. The SMILES string of the molecule is C=C(CN=CN/C(=C\C(C)(C)CCCCC)c1ccc(C)cc1)NC. The van der Waals surface area contributed by atoms with Crippen LogP contribution in [0.1, 0.15) is 57.6 Å². The first kappa shape index (κ1) is 21.0. The van der Waals surface area contributed by atoms with Crippen LogP contribution in [0, 0.1) is 12.3 Å². The quantitative estimate of drug-likeness (QED) is 0.326. The molecule has 25 heavy (non-hydrogen) atoms. The average molecular weight is 342 g/mol. The third kappa shape index (κ3) is 8.57. The summed E-state index contributed by atoms with van der Waals surface area (Å²) in [6.07, 6.45) is 9.11. The van der Waals surface area contributed by atoms with Crippen molar-refractivity contribution < 1.29 is 0 Å². The van der Waals surface area contributed by atoms with E-state index in [4.69, 9.17) is 0 Å². The highest BCUT2D eigenvalue weighted by atomic mass is 15.0. The molecule has 0 aliphatic carbocycles. The zero-order chi connectivity index (χ0) is 18.7. The summed E-state index contributed by atoms with van der Waals surface area (Å²) in [4.78, 5) is 4.39. The van der Waals surface area contributed by atoms with E-state index < -0.39 is 0 Å². The molecule has 0 saturated heterocycles. The highest BCUT2D eigenvalue weighted by Crippen LogP contribution is 2.29. The summed E-state index contributed by atoms with van der Waals surface area (Å²) < 4.78 is 0. The van der Waals surface area contributed by atoms with Crippen molar-refractivity contribution in [2.75, 3.05) is 13.6 Å². The van der Waals surface area contributed by atoms with Crippen molar-refractivity contribution in [2.45, 2.75) is 53.4 Å². The molecule has 1 aromatic carbocycles. The summed E-state index contributed by atoms with van der Waals surface area (Å²) in [5, 5.41) is 6.39. The zero-order valence-corrected chi connectivity index (χ0v) is 16.7. The molecule has 138 valence electrons. The van der Waals surface area contributed by atoms with Crippen molar-refractivity contribution in [3.05, 3.63) is 53.7 Å². The fourth-order valence-corrected chi connectivity index (χ4v) is 2.59. The predicted octanol–water partition coefficient (Wildman–Crippen LogP) is 5.29. The molecule has 3 nitrogen and oxygen atoms in total. The lowest BCUT2D eigenvalue weighted by Crippen LogP contribution is -2.16. The van der Waals surface area contributed by atoms with Crippen LogP contribution in [0.3, 0.4) is 0 Å². The minimum Gasteiger partial charge on any atom is -0.390 e. The van der Waals surface area contributed by atoms with Crippen LogP contribution in [-0.4, -0.2) is 19.9 Å². The number of aryl methyl sites for hydroxylation is 1. The normalized spacial score (nSPS) is 12.4. The Hall–Kier alpha value is -2.03. The van der Waals surface area contributed by atoms with Crippen LogP contribution >= 0.6 is 0 Å². The van der Waals surface area contributed by atoms with Crippen LogP contribution in [0.5, 0.6) is 0 Å². The Balaban J connectivity index is 2.92. The average Bonchev–Trinajstić information content (AvgIpc) is 2.58. The van der Waals surface area contributed by atoms with Gasteiger partial charge in [-0.1, -0.05) is 82.5 Å². The second kappa shape index (κ2) is 10.8. The number of nitrogens with zero attached hydrogens (tertiary/aromatic N) is 1. The van der Waals surface area contributed by atoms with E-state index in [1.54, 1.807) is 6.34 Å². The lowest BCUT2D eigenvalue weighted by molar-refractivity contribution is 0.413. The van der Waals surface area contributed by atoms with Crippen LogP contribution in [0.2, 0.25) is 0 Å². The molecule has 0 spiro atoms. The molecule has 1 aromatic rings. The van der Waals surface area contributed by atoms with Crippen molar-refractivity contribution in [3.63, 3.8) is 0 Å². The van der Waals surface area contributed by atoms with Gasteiger partial charge in [-0.2, -0.15) is 0 Å². The van der Waals surface area contributed by atoms with Crippen molar-refractivity contribution in [3.8, 4) is 0 Å². The van der Waals surface area contributed by atoms with Crippen LogP contribution in [-0.2, 0) is 0 Å². The Morgan fingerprint density at radius 3 is 2.48 bits per heavy atom. The molecule has 0 unspecified atom stereocenters. The van der Waals surface area contributed by atoms with Gasteiger partial charge < -0.3 is 10.6 Å². The Kier molecular flexibility index (Phi) is 9.04. The zero-order valence-electron chi connectivity index (χ0n) is 16.7. The van der Waals surface area contributed by atoms with Gasteiger partial charge in [-0.3, -0.25) is 4.99 Å². The minimum absolute atomic E-state index is 0.144. The molecule has 0 aliphatic heterocycles. The van der Waals surface area contributed by atoms with Crippen molar-refractivity contribution in [1.82, 2.24) is 10.6 Å². The first-order valence-corrected chi connectivity index (χ1v) is 9.28. The summed E-state index contributed by atoms with van der Waals surface area (Å²) in [7, 11) is 1.86. The number of rotatable bonds is 11. The molecule has 0 atom stereocenters. The molecule has 0 radical (unpaired) electrons. The Bertz CT molecular complexity index is 580. The monoisotopic (exact) mass is 341 g/mol. The first-order chi connectivity index (χ1) is 11.9. The fraction of sp³-hybridized carbons (Fsp3) is 0.500. The summed E-state index contributed by atoms with van der Waals surface area (Å²) in [5.41, 5.74) is 4.61. The van der Waals surface area contributed by atoms with Gasteiger partial charge >= 0.3 is 0 Å². The largest absolute Gasteiger partial charge is 0.390 e. The lowest BCUT2D eigenvalue weighted by atomic mass is 9.85. The van der Waals surface area contributed by atoms with Crippen molar-refractivity contribution in [2.24, 2.45) is 10.4 Å². The molecule has 0 aliphatic rings. The maximum absolute atomic E-state index is 4.39. The van der Waals surface area contributed by atoms with E-state index in [2.05, 4.69) is 80.2 Å². The van der Waals surface area contributed by atoms with E-state index in [0.717, 1.165) is 11.4 Å². The predicted molar refractivity (Wildman–Crippen MR) is 112 cm³/mol. The molecule has 0 amide bonds. The van der Waals surface area contributed by atoms with Crippen LogP contribution < -0.4 is 10.6 Å². The molecular weight excluding hydrogens is 306 g/mol. The number of benzene rings is 1. The smallest absolute Gasteiger partial charge is 0.0872 e. The van der Waals surface area contributed by atoms with Gasteiger partial charge in [-0.25, -0.2) is 0 Å².